The SMILES string of the molecule is CC(C)C1CCCCC1Nc1ccc(F)cc1C(=O)O. The van der Waals surface area contributed by atoms with E-state index in [4.69, 9.17) is 0 Å². The molecule has 4 heteroatoms. The van der Waals surface area contributed by atoms with Gasteiger partial charge < -0.3 is 10.4 Å². The molecule has 1 saturated carbocycles. The minimum atomic E-state index is -1.09. The van der Waals surface area contributed by atoms with Gasteiger partial charge in [-0.2, -0.15) is 0 Å². The number of halogens is 1. The van der Waals surface area contributed by atoms with Gasteiger partial charge in [0.2, 0.25) is 0 Å². The Labute approximate surface area is 119 Å². The van der Waals surface area contributed by atoms with E-state index in [9.17, 15) is 14.3 Å². The first kappa shape index (κ1) is 14.8. The molecule has 0 aliphatic heterocycles. The van der Waals surface area contributed by atoms with E-state index in [0.717, 1.165) is 18.9 Å². The van der Waals surface area contributed by atoms with Crippen LogP contribution in [-0.4, -0.2) is 17.1 Å². The minimum Gasteiger partial charge on any atom is -0.478 e. The molecule has 0 saturated heterocycles. The summed E-state index contributed by atoms with van der Waals surface area (Å²) in [7, 11) is 0. The predicted octanol–water partition coefficient (Wildman–Crippen LogP) is 4.15. The zero-order valence-corrected chi connectivity index (χ0v) is 12.0. The van der Waals surface area contributed by atoms with Crippen LogP contribution < -0.4 is 5.32 Å². The van der Waals surface area contributed by atoms with Crippen LogP contribution in [0.15, 0.2) is 18.2 Å². The summed E-state index contributed by atoms with van der Waals surface area (Å²) in [6.07, 6.45) is 4.60. The molecule has 1 aromatic carbocycles. The van der Waals surface area contributed by atoms with Crippen molar-refractivity contribution in [1.82, 2.24) is 0 Å². The van der Waals surface area contributed by atoms with Crippen molar-refractivity contribution in [1.29, 1.82) is 0 Å². The summed E-state index contributed by atoms with van der Waals surface area (Å²) in [5.74, 6) is -0.516. The van der Waals surface area contributed by atoms with Gasteiger partial charge in [-0.25, -0.2) is 9.18 Å². The van der Waals surface area contributed by atoms with Crippen molar-refractivity contribution in [2.75, 3.05) is 5.32 Å². The highest BCUT2D eigenvalue weighted by Gasteiger charge is 2.28. The number of aromatic carboxylic acids is 1. The molecule has 2 unspecified atom stereocenters. The maximum atomic E-state index is 13.2. The van der Waals surface area contributed by atoms with Gasteiger partial charge in [0.15, 0.2) is 0 Å². The van der Waals surface area contributed by atoms with Gasteiger partial charge in [-0.3, -0.25) is 0 Å². The number of hydrogen-bond acceptors (Lipinski definition) is 2. The molecule has 0 amide bonds. The Morgan fingerprint density at radius 2 is 2.05 bits per heavy atom. The lowest BCUT2D eigenvalue weighted by atomic mass is 9.77. The number of carboxylic acid groups (broad SMARTS) is 1. The third-order valence-electron chi connectivity index (χ3n) is 4.23. The van der Waals surface area contributed by atoms with Crippen molar-refractivity contribution in [3.63, 3.8) is 0 Å². The second kappa shape index (κ2) is 6.25. The van der Waals surface area contributed by atoms with E-state index in [1.807, 2.05) is 0 Å². The van der Waals surface area contributed by atoms with Gasteiger partial charge in [0.1, 0.15) is 5.82 Å². The molecule has 110 valence electrons. The fraction of sp³-hybridized carbons (Fsp3) is 0.562. The number of carboxylic acids is 1. The van der Waals surface area contributed by atoms with Crippen molar-refractivity contribution >= 4 is 11.7 Å². The first-order chi connectivity index (χ1) is 9.49. The van der Waals surface area contributed by atoms with E-state index in [1.54, 1.807) is 0 Å². The summed E-state index contributed by atoms with van der Waals surface area (Å²) in [6.45, 7) is 4.40. The molecule has 1 fully saturated rings. The second-order valence-corrected chi connectivity index (χ2v) is 5.94. The van der Waals surface area contributed by atoms with Crippen LogP contribution in [0.25, 0.3) is 0 Å². The van der Waals surface area contributed by atoms with E-state index in [1.165, 1.54) is 25.0 Å². The number of hydrogen-bond donors (Lipinski definition) is 2. The van der Waals surface area contributed by atoms with Crippen LogP contribution in [0.5, 0.6) is 0 Å². The molecule has 0 bridgehead atoms. The molecule has 2 atom stereocenters. The zero-order chi connectivity index (χ0) is 14.7. The highest BCUT2D eigenvalue weighted by atomic mass is 19.1. The monoisotopic (exact) mass is 279 g/mol. The Bertz CT molecular complexity index is 487. The molecule has 3 nitrogen and oxygen atoms in total. The van der Waals surface area contributed by atoms with Crippen LogP contribution in [0.1, 0.15) is 49.9 Å². The van der Waals surface area contributed by atoms with Crippen molar-refractivity contribution in [2.24, 2.45) is 11.8 Å². The fourth-order valence-electron chi connectivity index (χ4n) is 3.16. The van der Waals surface area contributed by atoms with Crippen molar-refractivity contribution in [3.8, 4) is 0 Å². The standard InChI is InChI=1S/C16H22FNO2/c1-10(2)12-5-3-4-6-14(12)18-15-8-7-11(17)9-13(15)16(19)20/h7-10,12,14,18H,3-6H2,1-2H3,(H,19,20). The molecule has 0 radical (unpaired) electrons. The largest absolute Gasteiger partial charge is 0.478 e. The average molecular weight is 279 g/mol. The van der Waals surface area contributed by atoms with E-state index < -0.39 is 11.8 Å². The van der Waals surface area contributed by atoms with Crippen LogP contribution in [-0.2, 0) is 0 Å². The predicted molar refractivity (Wildman–Crippen MR) is 77.6 cm³/mol. The molecule has 2 rings (SSSR count). The van der Waals surface area contributed by atoms with Gasteiger partial charge in [-0.05, 0) is 42.9 Å². The summed E-state index contributed by atoms with van der Waals surface area (Å²) in [6, 6.07) is 4.19. The molecule has 1 aliphatic rings. The molecular formula is C16H22FNO2. The van der Waals surface area contributed by atoms with Gasteiger partial charge in [0, 0.05) is 11.7 Å². The molecule has 0 heterocycles. The quantitative estimate of drug-likeness (QED) is 0.870. The van der Waals surface area contributed by atoms with E-state index in [-0.39, 0.29) is 11.6 Å². The normalized spacial score (nSPS) is 22.8. The number of anilines is 1. The van der Waals surface area contributed by atoms with Gasteiger partial charge in [0.25, 0.3) is 0 Å². The van der Waals surface area contributed by atoms with Crippen molar-refractivity contribution in [3.05, 3.63) is 29.6 Å². The lowest BCUT2D eigenvalue weighted by Crippen LogP contribution is -2.35. The van der Waals surface area contributed by atoms with Crippen molar-refractivity contribution < 1.29 is 14.3 Å². The maximum absolute atomic E-state index is 13.2. The van der Waals surface area contributed by atoms with Crippen LogP contribution in [0.2, 0.25) is 0 Å². The second-order valence-electron chi connectivity index (χ2n) is 5.94. The molecular weight excluding hydrogens is 257 g/mol. The summed E-state index contributed by atoms with van der Waals surface area (Å²) in [5.41, 5.74) is 0.537. The van der Waals surface area contributed by atoms with E-state index in [2.05, 4.69) is 19.2 Å². The third-order valence-corrected chi connectivity index (χ3v) is 4.23. The maximum Gasteiger partial charge on any atom is 0.337 e. The molecule has 0 spiro atoms. The highest BCUT2D eigenvalue weighted by Crippen LogP contribution is 2.33. The summed E-state index contributed by atoms with van der Waals surface area (Å²) in [5, 5.41) is 12.5. The smallest absolute Gasteiger partial charge is 0.337 e. The summed E-state index contributed by atoms with van der Waals surface area (Å²) in [4.78, 5) is 11.2. The van der Waals surface area contributed by atoms with Gasteiger partial charge >= 0.3 is 5.97 Å². The van der Waals surface area contributed by atoms with Crippen LogP contribution >= 0.6 is 0 Å². The molecule has 2 N–H and O–H groups in total. The fourth-order valence-corrected chi connectivity index (χ4v) is 3.16. The number of rotatable bonds is 4. The van der Waals surface area contributed by atoms with Gasteiger partial charge in [0.05, 0.1) is 5.56 Å². The van der Waals surface area contributed by atoms with Gasteiger partial charge in [-0.1, -0.05) is 26.7 Å². The van der Waals surface area contributed by atoms with Gasteiger partial charge in [-0.15, -0.1) is 0 Å². The Balaban J connectivity index is 2.22. The Hall–Kier alpha value is -1.58. The highest BCUT2D eigenvalue weighted by molar-refractivity contribution is 5.94. The number of nitrogens with one attached hydrogen (secondary N) is 1. The Kier molecular flexibility index (Phi) is 4.63. The van der Waals surface area contributed by atoms with Crippen LogP contribution in [0, 0.1) is 17.7 Å². The molecule has 20 heavy (non-hydrogen) atoms. The third kappa shape index (κ3) is 3.30. The molecule has 1 aromatic rings. The Morgan fingerprint density at radius 3 is 2.70 bits per heavy atom. The van der Waals surface area contributed by atoms with E-state index >= 15 is 0 Å². The first-order valence-corrected chi connectivity index (χ1v) is 7.28. The Morgan fingerprint density at radius 1 is 1.35 bits per heavy atom. The minimum absolute atomic E-state index is 0.0121. The summed E-state index contributed by atoms with van der Waals surface area (Å²) >= 11 is 0. The zero-order valence-electron chi connectivity index (χ0n) is 12.0. The first-order valence-electron chi connectivity index (χ1n) is 7.28. The lowest BCUT2D eigenvalue weighted by molar-refractivity contribution is 0.0697. The summed E-state index contributed by atoms with van der Waals surface area (Å²) < 4.78 is 13.2. The number of benzene rings is 1. The number of carbonyl (C=O) groups is 1. The van der Waals surface area contributed by atoms with Crippen molar-refractivity contribution in [2.45, 2.75) is 45.6 Å². The average Bonchev–Trinajstić information content (AvgIpc) is 2.41. The molecule has 0 aromatic heterocycles. The molecule has 1 aliphatic carbocycles. The van der Waals surface area contributed by atoms with E-state index in [0.29, 0.717) is 17.5 Å². The van der Waals surface area contributed by atoms with Crippen LogP contribution in [0.3, 0.4) is 0 Å². The lowest BCUT2D eigenvalue weighted by Gasteiger charge is -2.35. The topological polar surface area (TPSA) is 49.3 Å². The van der Waals surface area contributed by atoms with Crippen LogP contribution in [0.4, 0.5) is 10.1 Å².